The zero-order valence-electron chi connectivity index (χ0n) is 18.3. The molecule has 2 N–H and O–H groups in total. The number of likely N-dealkylation sites (tertiary alicyclic amines) is 1. The molecule has 0 unspecified atom stereocenters. The number of amides is 1. The Kier molecular flexibility index (Phi) is 10.4. The summed E-state index contributed by atoms with van der Waals surface area (Å²) in [5.74, 6) is 0.322. The monoisotopic (exact) mass is 490 g/mol. The number of nitrogens with two attached hydrogens (primary N) is 1. The summed E-state index contributed by atoms with van der Waals surface area (Å²) in [6.45, 7) is 7.36. The van der Waals surface area contributed by atoms with Crippen molar-refractivity contribution in [1.29, 1.82) is 0 Å². The van der Waals surface area contributed by atoms with E-state index in [1.165, 1.54) is 31.2 Å². The molecule has 1 aromatic rings. The van der Waals surface area contributed by atoms with Crippen LogP contribution in [0.1, 0.15) is 44.1 Å². The van der Waals surface area contributed by atoms with Crippen molar-refractivity contribution < 1.29 is 4.79 Å². The first-order valence-corrected chi connectivity index (χ1v) is 11.7. The van der Waals surface area contributed by atoms with E-state index in [0.29, 0.717) is 25.0 Å². The minimum atomic E-state index is 0. The van der Waals surface area contributed by atoms with E-state index in [0.717, 1.165) is 57.1 Å². The van der Waals surface area contributed by atoms with Gasteiger partial charge in [0.1, 0.15) is 0 Å². The second kappa shape index (κ2) is 12.1. The van der Waals surface area contributed by atoms with Crippen molar-refractivity contribution in [3.8, 4) is 0 Å². The van der Waals surface area contributed by atoms with Crippen LogP contribution in [0, 0.1) is 0 Å². The molecule has 0 aromatic heterocycles. The van der Waals surface area contributed by atoms with E-state index in [-0.39, 0.29) is 30.2 Å². The van der Waals surface area contributed by atoms with Crippen LogP contribution in [0.15, 0.2) is 24.3 Å². The molecule has 2 aliphatic heterocycles. The average Bonchev–Trinajstić information content (AvgIpc) is 3.30. The van der Waals surface area contributed by atoms with Crippen LogP contribution < -0.4 is 5.73 Å². The standard InChI is InChI=1S/C23H35ClN4O.2ClH/c24-20-5-3-4-19(16-20)23(18-25)8-6-21(7-9-23)27-14-12-26(13-15-27)17-22(29)28-10-1-2-11-28;;/h3-5,16,21H,1-2,6-15,17-18,25H2;2*1H/t21-,23+;;. The highest BCUT2D eigenvalue weighted by molar-refractivity contribution is 6.30. The number of carbonyl (C=O) groups excluding carboxylic acids is 1. The number of nitrogens with zero attached hydrogens (tertiary/aromatic N) is 3. The highest BCUT2D eigenvalue weighted by atomic mass is 35.5. The van der Waals surface area contributed by atoms with Crippen LogP contribution in [0.3, 0.4) is 0 Å². The number of halogens is 3. The maximum Gasteiger partial charge on any atom is 0.236 e. The van der Waals surface area contributed by atoms with Crippen LogP contribution in [0.2, 0.25) is 5.02 Å². The molecule has 0 bridgehead atoms. The van der Waals surface area contributed by atoms with E-state index in [1.807, 2.05) is 17.0 Å². The number of hydrogen-bond acceptors (Lipinski definition) is 4. The van der Waals surface area contributed by atoms with Gasteiger partial charge in [0.15, 0.2) is 0 Å². The zero-order chi connectivity index (χ0) is 20.3. The molecule has 0 radical (unpaired) electrons. The average molecular weight is 492 g/mol. The van der Waals surface area contributed by atoms with E-state index >= 15 is 0 Å². The minimum absolute atomic E-state index is 0. The maximum absolute atomic E-state index is 12.4. The van der Waals surface area contributed by atoms with E-state index in [2.05, 4.69) is 21.9 Å². The third-order valence-electron chi connectivity index (χ3n) is 7.48. The Balaban J connectivity index is 0.00000171. The van der Waals surface area contributed by atoms with E-state index in [4.69, 9.17) is 17.3 Å². The third-order valence-corrected chi connectivity index (χ3v) is 7.72. The van der Waals surface area contributed by atoms with Gasteiger partial charge in [-0.05, 0) is 56.2 Å². The fourth-order valence-corrected chi connectivity index (χ4v) is 5.68. The maximum atomic E-state index is 12.4. The van der Waals surface area contributed by atoms with Crippen LogP contribution >= 0.6 is 36.4 Å². The first-order valence-electron chi connectivity index (χ1n) is 11.3. The Morgan fingerprint density at radius 2 is 1.68 bits per heavy atom. The predicted octanol–water partition coefficient (Wildman–Crippen LogP) is 3.56. The van der Waals surface area contributed by atoms with Crippen molar-refractivity contribution in [2.75, 3.05) is 52.4 Å². The fraction of sp³-hybridized carbons (Fsp3) is 0.696. The van der Waals surface area contributed by atoms with Gasteiger partial charge in [-0.3, -0.25) is 14.6 Å². The summed E-state index contributed by atoms with van der Waals surface area (Å²) >= 11 is 6.24. The largest absolute Gasteiger partial charge is 0.342 e. The summed E-state index contributed by atoms with van der Waals surface area (Å²) < 4.78 is 0. The topological polar surface area (TPSA) is 52.8 Å². The lowest BCUT2D eigenvalue weighted by Gasteiger charge is -2.46. The molecule has 176 valence electrons. The van der Waals surface area contributed by atoms with Crippen molar-refractivity contribution in [2.45, 2.75) is 50.0 Å². The van der Waals surface area contributed by atoms with Gasteiger partial charge in [0.05, 0.1) is 6.54 Å². The molecule has 1 saturated carbocycles. The van der Waals surface area contributed by atoms with E-state index in [9.17, 15) is 4.79 Å². The number of rotatable bonds is 5. The van der Waals surface area contributed by atoms with Crippen LogP contribution in [0.5, 0.6) is 0 Å². The van der Waals surface area contributed by atoms with Crippen LogP contribution in [0.4, 0.5) is 0 Å². The molecule has 2 heterocycles. The second-order valence-electron chi connectivity index (χ2n) is 9.13. The van der Waals surface area contributed by atoms with Gasteiger partial charge in [0.2, 0.25) is 5.91 Å². The van der Waals surface area contributed by atoms with Crippen molar-refractivity contribution >= 4 is 42.3 Å². The van der Waals surface area contributed by atoms with Crippen LogP contribution in [0.25, 0.3) is 0 Å². The zero-order valence-corrected chi connectivity index (χ0v) is 20.7. The second-order valence-corrected chi connectivity index (χ2v) is 9.56. The quantitative estimate of drug-likeness (QED) is 0.684. The van der Waals surface area contributed by atoms with Gasteiger partial charge in [-0.15, -0.1) is 24.8 Å². The Morgan fingerprint density at radius 1 is 1.03 bits per heavy atom. The molecule has 1 amide bonds. The molecule has 1 aliphatic carbocycles. The summed E-state index contributed by atoms with van der Waals surface area (Å²) in [4.78, 5) is 19.4. The van der Waals surface area contributed by atoms with Crippen LogP contribution in [-0.2, 0) is 10.2 Å². The first kappa shape index (κ1) is 26.7. The van der Waals surface area contributed by atoms with Gasteiger partial charge in [-0.25, -0.2) is 0 Å². The summed E-state index contributed by atoms with van der Waals surface area (Å²) in [5.41, 5.74) is 7.64. The molecule has 4 rings (SSSR count). The van der Waals surface area contributed by atoms with Crippen molar-refractivity contribution in [3.63, 3.8) is 0 Å². The van der Waals surface area contributed by atoms with Gasteiger partial charge in [0, 0.05) is 62.3 Å². The summed E-state index contributed by atoms with van der Waals surface area (Å²) in [5, 5.41) is 0.803. The molecule has 31 heavy (non-hydrogen) atoms. The Morgan fingerprint density at radius 3 is 2.26 bits per heavy atom. The third kappa shape index (κ3) is 6.27. The molecule has 5 nitrogen and oxygen atoms in total. The smallest absolute Gasteiger partial charge is 0.236 e. The fourth-order valence-electron chi connectivity index (χ4n) is 5.49. The number of piperazine rings is 1. The highest BCUT2D eigenvalue weighted by Crippen LogP contribution is 2.40. The first-order chi connectivity index (χ1) is 14.1. The van der Waals surface area contributed by atoms with Crippen LogP contribution in [-0.4, -0.2) is 79.0 Å². The lowest BCUT2D eigenvalue weighted by atomic mass is 9.68. The lowest BCUT2D eigenvalue weighted by molar-refractivity contribution is -0.131. The number of hydrogen-bond donors (Lipinski definition) is 1. The van der Waals surface area contributed by atoms with Crippen molar-refractivity contribution in [1.82, 2.24) is 14.7 Å². The molecule has 1 aromatic carbocycles. The Hall–Kier alpha value is -0.560. The number of carbonyl (C=O) groups is 1. The summed E-state index contributed by atoms with van der Waals surface area (Å²) in [7, 11) is 0. The van der Waals surface area contributed by atoms with Gasteiger partial charge in [-0.1, -0.05) is 23.7 Å². The van der Waals surface area contributed by atoms with Crippen molar-refractivity contribution in [2.24, 2.45) is 5.73 Å². The molecule has 8 heteroatoms. The minimum Gasteiger partial charge on any atom is -0.342 e. The van der Waals surface area contributed by atoms with E-state index < -0.39 is 0 Å². The normalized spacial score (nSPS) is 27.4. The molecule has 2 saturated heterocycles. The van der Waals surface area contributed by atoms with Gasteiger partial charge in [0.25, 0.3) is 0 Å². The molecular weight excluding hydrogens is 455 g/mol. The lowest BCUT2D eigenvalue weighted by Crippen LogP contribution is -2.54. The Labute approximate surface area is 204 Å². The highest BCUT2D eigenvalue weighted by Gasteiger charge is 2.38. The van der Waals surface area contributed by atoms with Gasteiger partial charge in [-0.2, -0.15) is 0 Å². The molecule has 0 spiro atoms. The molecule has 3 fully saturated rings. The SMILES string of the molecule is Cl.Cl.NC[C@]1(c2cccc(Cl)c2)CC[C@@H](N2CCN(CC(=O)N3CCCC3)CC2)CC1. The summed E-state index contributed by atoms with van der Waals surface area (Å²) in [6, 6.07) is 8.92. The number of benzene rings is 1. The molecule has 0 atom stereocenters. The van der Waals surface area contributed by atoms with Gasteiger partial charge >= 0.3 is 0 Å². The predicted molar refractivity (Wildman–Crippen MR) is 133 cm³/mol. The summed E-state index contributed by atoms with van der Waals surface area (Å²) in [6.07, 6.45) is 6.97. The van der Waals surface area contributed by atoms with E-state index in [1.54, 1.807) is 0 Å². The van der Waals surface area contributed by atoms with Crippen molar-refractivity contribution in [3.05, 3.63) is 34.9 Å². The molecule has 3 aliphatic rings. The molecular formula is C23H37Cl3N4O. The Bertz CT molecular complexity index is 698. The van der Waals surface area contributed by atoms with Gasteiger partial charge < -0.3 is 10.6 Å².